The second-order valence-electron chi connectivity index (χ2n) is 9.73. The van der Waals surface area contributed by atoms with Crippen molar-refractivity contribution in [2.45, 2.75) is 25.6 Å². The molecule has 220 valence electrons. The molecule has 0 aliphatic carbocycles. The summed E-state index contributed by atoms with van der Waals surface area (Å²) in [5, 5.41) is 26.7. The Labute approximate surface area is 239 Å². The molecule has 0 saturated carbocycles. The summed E-state index contributed by atoms with van der Waals surface area (Å²) in [7, 11) is 1.99. The number of hydrogen-bond donors (Lipinski definition) is 3. The van der Waals surface area contributed by atoms with Crippen LogP contribution in [0.4, 0.5) is 13.2 Å². The minimum absolute atomic E-state index is 0.159. The molecule has 0 fully saturated rings. The Morgan fingerprint density at radius 3 is 1.55 bits per heavy atom. The fourth-order valence-electron chi connectivity index (χ4n) is 4.37. The van der Waals surface area contributed by atoms with Crippen LogP contribution in [0.2, 0.25) is 0 Å². The third-order valence-corrected chi connectivity index (χ3v) is 6.55. The normalized spacial score (nSPS) is 12.5. The molecule has 0 bridgehead atoms. The maximum absolute atomic E-state index is 12.0. The molecular weight excluding hydrogens is 553 g/mol. The van der Waals surface area contributed by atoms with Gasteiger partial charge in [-0.1, -0.05) is 78.9 Å². The molecule has 3 N–H and O–H groups in total. The molecule has 2 atom stereocenters. The molecule has 1 heterocycles. The summed E-state index contributed by atoms with van der Waals surface area (Å²) in [6, 6.07) is 25.2. The Morgan fingerprint density at radius 1 is 0.738 bits per heavy atom. The third kappa shape index (κ3) is 9.33. The van der Waals surface area contributed by atoms with Crippen molar-refractivity contribution in [3.63, 3.8) is 0 Å². The van der Waals surface area contributed by atoms with E-state index in [4.69, 9.17) is 9.90 Å². The first-order valence-electron chi connectivity index (χ1n) is 12.8. The lowest BCUT2D eigenvalue weighted by Gasteiger charge is -2.21. The van der Waals surface area contributed by atoms with Gasteiger partial charge in [0.15, 0.2) is 0 Å². The van der Waals surface area contributed by atoms with Crippen molar-refractivity contribution in [3.05, 3.63) is 114 Å². The fourth-order valence-corrected chi connectivity index (χ4v) is 4.37. The van der Waals surface area contributed by atoms with Crippen molar-refractivity contribution >= 4 is 17.9 Å². The molecule has 4 aromatic rings. The van der Waals surface area contributed by atoms with Gasteiger partial charge in [-0.15, -0.1) is 0 Å². The van der Waals surface area contributed by atoms with Crippen LogP contribution in [0.15, 0.2) is 97.6 Å². The molecule has 0 aliphatic heterocycles. The zero-order valence-electron chi connectivity index (χ0n) is 22.6. The molecule has 8 nitrogen and oxygen atoms in total. The number of alkyl halides is 3. The fraction of sp³-hybridized carbons (Fsp3) is 0.226. The molecule has 0 amide bonds. The number of aliphatic carboxylic acids is 3. The molecule has 0 saturated heterocycles. The quantitative estimate of drug-likeness (QED) is 0.230. The lowest BCUT2D eigenvalue weighted by Crippen LogP contribution is -2.33. The minimum atomic E-state index is -5.08. The maximum Gasteiger partial charge on any atom is 0.490 e. The lowest BCUT2D eigenvalue weighted by molar-refractivity contribution is -0.671. The second-order valence-corrected chi connectivity index (χ2v) is 9.73. The van der Waals surface area contributed by atoms with Gasteiger partial charge in [0.25, 0.3) is 0 Å². The summed E-state index contributed by atoms with van der Waals surface area (Å²) in [6.07, 6.45) is 1.33. The highest BCUT2D eigenvalue weighted by Gasteiger charge is 2.38. The number of carboxylic acids is 3. The van der Waals surface area contributed by atoms with Gasteiger partial charge < -0.3 is 15.3 Å². The predicted octanol–water partition coefficient (Wildman–Crippen LogP) is 4.85. The molecule has 42 heavy (non-hydrogen) atoms. The molecule has 0 radical (unpaired) electrons. The zero-order chi connectivity index (χ0) is 30.9. The zero-order valence-corrected chi connectivity index (χ0v) is 22.6. The highest BCUT2D eigenvalue weighted by Crippen LogP contribution is 2.26. The molecular formula is C31H30F3N2O6+. The maximum atomic E-state index is 12.0. The number of halogens is 3. The average molecular weight is 584 g/mol. The van der Waals surface area contributed by atoms with E-state index in [1.54, 1.807) is 0 Å². The van der Waals surface area contributed by atoms with Gasteiger partial charge in [0.05, 0.1) is 18.9 Å². The lowest BCUT2D eigenvalue weighted by atomic mass is 9.82. The van der Waals surface area contributed by atoms with Gasteiger partial charge in [-0.05, 0) is 40.7 Å². The number of benzene rings is 3. The summed E-state index contributed by atoms with van der Waals surface area (Å²) >= 11 is 0. The van der Waals surface area contributed by atoms with Gasteiger partial charge in [-0.25, -0.2) is 13.9 Å². The minimum Gasteiger partial charge on any atom is -0.481 e. The number of aromatic nitrogens is 2. The highest BCUT2D eigenvalue weighted by molar-refractivity contribution is 5.80. The van der Waals surface area contributed by atoms with Crippen LogP contribution in [0, 0.1) is 11.8 Å². The number of imidazole rings is 1. The largest absolute Gasteiger partial charge is 0.490 e. The van der Waals surface area contributed by atoms with Crippen molar-refractivity contribution in [2.24, 2.45) is 18.9 Å². The van der Waals surface area contributed by atoms with Crippen molar-refractivity contribution in [1.82, 2.24) is 4.57 Å². The Balaban J connectivity index is 0.000000616. The van der Waals surface area contributed by atoms with Crippen molar-refractivity contribution in [3.8, 4) is 11.1 Å². The topological polar surface area (TPSA) is 121 Å². The SMILES string of the molecule is C[n+]1ccn(Cc2ccc(-c3ccc(C[C@H](C(=O)O)[C@H](Cc4ccccc4)C(=O)O)cc3)cc2)c1.O=C(O)C(F)(F)F. The Bertz CT molecular complexity index is 1480. The Kier molecular flexibility index (Phi) is 10.6. The number of carboxylic acid groups (broad SMARTS) is 3. The summed E-state index contributed by atoms with van der Waals surface area (Å²) in [5.74, 6) is -6.97. The van der Waals surface area contributed by atoms with Gasteiger partial charge in [-0.3, -0.25) is 9.59 Å². The molecule has 11 heteroatoms. The molecule has 4 rings (SSSR count). The van der Waals surface area contributed by atoms with E-state index < -0.39 is 35.9 Å². The van der Waals surface area contributed by atoms with Crippen LogP contribution in [-0.4, -0.2) is 44.0 Å². The number of aryl methyl sites for hydroxylation is 1. The summed E-state index contributed by atoms with van der Waals surface area (Å²) in [6.45, 7) is 0.796. The number of hydrogen-bond acceptors (Lipinski definition) is 3. The van der Waals surface area contributed by atoms with Gasteiger partial charge in [0, 0.05) is 0 Å². The number of rotatable bonds is 10. The molecule has 3 aromatic carbocycles. The van der Waals surface area contributed by atoms with E-state index in [1.807, 2.05) is 84.9 Å². The Hall–Kier alpha value is -4.93. The van der Waals surface area contributed by atoms with Crippen molar-refractivity contribution in [1.29, 1.82) is 0 Å². The second kappa shape index (κ2) is 14.1. The number of nitrogens with zero attached hydrogens (tertiary/aromatic N) is 2. The summed E-state index contributed by atoms with van der Waals surface area (Å²) < 4.78 is 35.9. The standard InChI is InChI=1S/C29H28N2O4.C2HF3O2/c1-30-15-16-31(20-30)19-23-9-13-25(14-10-23)24-11-7-22(8-12-24)18-27(29(34)35)26(28(32)33)17-21-5-3-2-4-6-21;3-2(4,5)1(6)7/h2-16,20,26-27H,17-19H2,1H3,(H-,32,33,34,35);(H,6,7)/p+1/t26-,27-;/m0./s1. The summed E-state index contributed by atoms with van der Waals surface area (Å²) in [4.78, 5) is 32.9. The summed E-state index contributed by atoms with van der Waals surface area (Å²) in [5.41, 5.74) is 4.91. The monoisotopic (exact) mass is 583 g/mol. The van der Waals surface area contributed by atoms with E-state index in [2.05, 4.69) is 28.8 Å². The predicted molar refractivity (Wildman–Crippen MR) is 146 cm³/mol. The van der Waals surface area contributed by atoms with Gasteiger partial charge in [0.1, 0.15) is 18.9 Å². The first-order chi connectivity index (χ1) is 19.8. The van der Waals surface area contributed by atoms with Crippen LogP contribution in [0.3, 0.4) is 0 Å². The molecule has 0 spiro atoms. The van der Waals surface area contributed by atoms with E-state index in [-0.39, 0.29) is 12.8 Å². The van der Waals surface area contributed by atoms with E-state index in [9.17, 15) is 33.0 Å². The van der Waals surface area contributed by atoms with Crippen LogP contribution in [0.25, 0.3) is 11.1 Å². The van der Waals surface area contributed by atoms with Crippen LogP contribution in [-0.2, 0) is 40.8 Å². The van der Waals surface area contributed by atoms with E-state index in [0.717, 1.165) is 28.8 Å². The van der Waals surface area contributed by atoms with Crippen LogP contribution < -0.4 is 4.57 Å². The van der Waals surface area contributed by atoms with E-state index >= 15 is 0 Å². The van der Waals surface area contributed by atoms with Crippen LogP contribution in [0.1, 0.15) is 16.7 Å². The molecule has 1 aromatic heterocycles. The first kappa shape index (κ1) is 31.6. The van der Waals surface area contributed by atoms with Crippen LogP contribution >= 0.6 is 0 Å². The smallest absolute Gasteiger partial charge is 0.481 e. The number of carbonyl (C=O) groups is 3. The van der Waals surface area contributed by atoms with Gasteiger partial charge in [-0.2, -0.15) is 13.2 Å². The molecule has 0 aliphatic rings. The third-order valence-electron chi connectivity index (χ3n) is 6.55. The van der Waals surface area contributed by atoms with Gasteiger partial charge in [0.2, 0.25) is 6.33 Å². The average Bonchev–Trinajstić information content (AvgIpc) is 3.35. The van der Waals surface area contributed by atoms with E-state index in [1.165, 1.54) is 5.56 Å². The van der Waals surface area contributed by atoms with Crippen molar-refractivity contribution in [2.75, 3.05) is 0 Å². The Morgan fingerprint density at radius 2 is 1.17 bits per heavy atom. The molecule has 0 unspecified atom stereocenters. The van der Waals surface area contributed by atoms with E-state index in [0.29, 0.717) is 0 Å². The van der Waals surface area contributed by atoms with Gasteiger partial charge >= 0.3 is 24.1 Å². The van der Waals surface area contributed by atoms with Crippen LogP contribution in [0.5, 0.6) is 0 Å². The van der Waals surface area contributed by atoms with Crippen molar-refractivity contribution < 1.29 is 47.4 Å². The first-order valence-corrected chi connectivity index (χ1v) is 12.8. The highest BCUT2D eigenvalue weighted by atomic mass is 19.4.